The topological polar surface area (TPSA) is 51.0 Å². The fourth-order valence-corrected chi connectivity index (χ4v) is 2.73. The van der Waals surface area contributed by atoms with Gasteiger partial charge in [-0.1, -0.05) is 54.6 Å². The summed E-state index contributed by atoms with van der Waals surface area (Å²) in [6.45, 7) is 0. The maximum atomic E-state index is 14.4. The van der Waals surface area contributed by atoms with E-state index in [1.807, 2.05) is 60.7 Å². The lowest BCUT2D eigenvalue weighted by Crippen LogP contribution is -2.14. The number of benzene rings is 3. The molecule has 4 rings (SSSR count). The van der Waals surface area contributed by atoms with Gasteiger partial charge in [-0.05, 0) is 30.3 Å². The van der Waals surface area contributed by atoms with Crippen molar-refractivity contribution in [3.05, 3.63) is 102 Å². The normalized spacial score (nSPS) is 11.9. The van der Waals surface area contributed by atoms with E-state index < -0.39 is 6.04 Å². The summed E-state index contributed by atoms with van der Waals surface area (Å²) in [6.07, 6.45) is 0. The van der Waals surface area contributed by atoms with Gasteiger partial charge in [0.1, 0.15) is 11.9 Å². The minimum atomic E-state index is -0.594. The molecule has 3 aromatic carbocycles. The third-order valence-electron chi connectivity index (χ3n) is 4.01. The van der Waals surface area contributed by atoms with Crippen LogP contribution in [0.4, 0.5) is 10.1 Å². The molecule has 0 saturated carbocycles. The number of rotatable bonds is 5. The Morgan fingerprint density at radius 3 is 2.15 bits per heavy atom. The van der Waals surface area contributed by atoms with E-state index in [0.717, 1.165) is 11.3 Å². The zero-order valence-electron chi connectivity index (χ0n) is 13.8. The predicted molar refractivity (Wildman–Crippen MR) is 98.0 cm³/mol. The first-order chi connectivity index (χ1) is 12.8. The molecule has 128 valence electrons. The van der Waals surface area contributed by atoms with E-state index in [9.17, 15) is 4.39 Å². The van der Waals surface area contributed by atoms with Gasteiger partial charge in [0.05, 0.1) is 0 Å². The molecule has 0 amide bonds. The van der Waals surface area contributed by atoms with Crippen LogP contribution in [-0.4, -0.2) is 10.2 Å². The maximum absolute atomic E-state index is 14.4. The summed E-state index contributed by atoms with van der Waals surface area (Å²) in [7, 11) is 0. The number of nitrogens with zero attached hydrogens (tertiary/aromatic N) is 2. The smallest absolute Gasteiger partial charge is 0.247 e. The minimum absolute atomic E-state index is 0.304. The monoisotopic (exact) mass is 345 g/mol. The summed E-state index contributed by atoms with van der Waals surface area (Å²) >= 11 is 0. The van der Waals surface area contributed by atoms with Gasteiger partial charge < -0.3 is 9.73 Å². The Bertz CT molecular complexity index is 986. The minimum Gasteiger partial charge on any atom is -0.418 e. The van der Waals surface area contributed by atoms with Gasteiger partial charge in [0, 0.05) is 16.8 Å². The second-order valence-corrected chi connectivity index (χ2v) is 5.78. The van der Waals surface area contributed by atoms with Crippen LogP contribution in [0.15, 0.2) is 89.3 Å². The predicted octanol–water partition coefficient (Wildman–Crippen LogP) is 5.08. The first-order valence-corrected chi connectivity index (χ1v) is 8.26. The van der Waals surface area contributed by atoms with E-state index in [2.05, 4.69) is 15.5 Å². The molecule has 0 spiro atoms. The lowest BCUT2D eigenvalue weighted by molar-refractivity contribution is 0.485. The maximum Gasteiger partial charge on any atom is 0.247 e. The fourth-order valence-electron chi connectivity index (χ4n) is 2.73. The lowest BCUT2D eigenvalue weighted by Gasteiger charge is -2.17. The molecular formula is C21H16FN3O. The first kappa shape index (κ1) is 16.0. The van der Waals surface area contributed by atoms with Crippen molar-refractivity contribution in [1.29, 1.82) is 0 Å². The Kier molecular flexibility index (Phi) is 4.43. The zero-order chi connectivity index (χ0) is 17.8. The van der Waals surface area contributed by atoms with Gasteiger partial charge in [-0.2, -0.15) is 0 Å². The van der Waals surface area contributed by atoms with E-state index in [4.69, 9.17) is 4.42 Å². The molecular weight excluding hydrogens is 329 g/mol. The number of nitrogens with one attached hydrogen (secondary N) is 1. The standard InChI is InChI=1S/C21H16FN3O/c22-18-14-8-7-13-17(18)19(23-16-11-5-2-6-12-16)21-25-24-20(26-21)15-9-3-1-4-10-15/h1-14,19,23H. The Hall–Kier alpha value is -3.47. The van der Waals surface area contributed by atoms with Crippen molar-refractivity contribution in [3.8, 4) is 11.5 Å². The van der Waals surface area contributed by atoms with Crippen molar-refractivity contribution >= 4 is 5.69 Å². The van der Waals surface area contributed by atoms with Crippen LogP contribution in [0.5, 0.6) is 0 Å². The zero-order valence-corrected chi connectivity index (χ0v) is 13.8. The molecule has 0 saturated heterocycles. The molecule has 1 atom stereocenters. The molecule has 5 heteroatoms. The average molecular weight is 345 g/mol. The molecule has 0 fully saturated rings. The molecule has 1 unspecified atom stereocenters. The second-order valence-electron chi connectivity index (χ2n) is 5.78. The number of aromatic nitrogens is 2. The fraction of sp³-hybridized carbons (Fsp3) is 0.0476. The van der Waals surface area contributed by atoms with Gasteiger partial charge in [-0.25, -0.2) is 4.39 Å². The van der Waals surface area contributed by atoms with E-state index in [-0.39, 0.29) is 5.82 Å². The van der Waals surface area contributed by atoms with Crippen LogP contribution in [0.1, 0.15) is 17.5 Å². The third-order valence-corrected chi connectivity index (χ3v) is 4.01. The van der Waals surface area contributed by atoms with Crippen LogP contribution in [0.3, 0.4) is 0 Å². The highest BCUT2D eigenvalue weighted by atomic mass is 19.1. The quantitative estimate of drug-likeness (QED) is 0.548. The van der Waals surface area contributed by atoms with E-state index in [0.29, 0.717) is 17.3 Å². The summed E-state index contributed by atoms with van der Waals surface area (Å²) in [5.74, 6) is 0.370. The molecule has 1 aromatic heterocycles. The van der Waals surface area contributed by atoms with Gasteiger partial charge in [-0.15, -0.1) is 10.2 Å². The highest BCUT2D eigenvalue weighted by Gasteiger charge is 2.24. The van der Waals surface area contributed by atoms with Crippen LogP contribution in [0.2, 0.25) is 0 Å². The van der Waals surface area contributed by atoms with Crippen LogP contribution in [0, 0.1) is 5.82 Å². The molecule has 0 aliphatic rings. The summed E-state index contributed by atoms with van der Waals surface area (Å²) in [4.78, 5) is 0. The Labute approximate surface area is 150 Å². The third kappa shape index (κ3) is 3.32. The van der Waals surface area contributed by atoms with E-state index in [1.54, 1.807) is 18.2 Å². The van der Waals surface area contributed by atoms with Gasteiger partial charge in [0.15, 0.2) is 0 Å². The summed E-state index contributed by atoms with van der Waals surface area (Å²) < 4.78 is 20.3. The molecule has 4 nitrogen and oxygen atoms in total. The van der Waals surface area contributed by atoms with Gasteiger partial charge in [0.25, 0.3) is 0 Å². The molecule has 1 N–H and O–H groups in total. The molecule has 0 bridgehead atoms. The van der Waals surface area contributed by atoms with Crippen molar-refractivity contribution in [2.75, 3.05) is 5.32 Å². The number of hydrogen-bond donors (Lipinski definition) is 1. The largest absolute Gasteiger partial charge is 0.418 e. The first-order valence-electron chi connectivity index (χ1n) is 8.26. The number of halogens is 1. The van der Waals surface area contributed by atoms with E-state index >= 15 is 0 Å². The molecule has 4 aromatic rings. The van der Waals surface area contributed by atoms with Gasteiger partial charge >= 0.3 is 0 Å². The van der Waals surface area contributed by atoms with Crippen molar-refractivity contribution in [3.63, 3.8) is 0 Å². The van der Waals surface area contributed by atoms with Crippen LogP contribution in [-0.2, 0) is 0 Å². The summed E-state index contributed by atoms with van der Waals surface area (Å²) in [5.41, 5.74) is 2.10. The molecule has 0 radical (unpaired) electrons. The molecule has 26 heavy (non-hydrogen) atoms. The van der Waals surface area contributed by atoms with Crippen molar-refractivity contribution in [1.82, 2.24) is 10.2 Å². The van der Waals surface area contributed by atoms with Crippen molar-refractivity contribution in [2.24, 2.45) is 0 Å². The van der Waals surface area contributed by atoms with Crippen molar-refractivity contribution < 1.29 is 8.81 Å². The Morgan fingerprint density at radius 2 is 1.42 bits per heavy atom. The van der Waals surface area contributed by atoms with Crippen LogP contribution in [0.25, 0.3) is 11.5 Å². The molecule has 0 aliphatic carbocycles. The number of hydrogen-bond acceptors (Lipinski definition) is 4. The molecule has 0 aliphatic heterocycles. The highest BCUT2D eigenvalue weighted by molar-refractivity contribution is 5.52. The molecule has 1 heterocycles. The van der Waals surface area contributed by atoms with Crippen LogP contribution < -0.4 is 5.32 Å². The highest BCUT2D eigenvalue weighted by Crippen LogP contribution is 2.29. The Morgan fingerprint density at radius 1 is 0.769 bits per heavy atom. The number of para-hydroxylation sites is 1. The lowest BCUT2D eigenvalue weighted by atomic mass is 10.1. The average Bonchev–Trinajstić information content (AvgIpc) is 3.18. The number of anilines is 1. The Balaban J connectivity index is 1.74. The SMILES string of the molecule is Fc1ccccc1C(Nc1ccccc1)c1nnc(-c2ccccc2)o1. The van der Waals surface area contributed by atoms with Gasteiger partial charge in [-0.3, -0.25) is 0 Å². The van der Waals surface area contributed by atoms with Crippen molar-refractivity contribution in [2.45, 2.75) is 6.04 Å². The second kappa shape index (κ2) is 7.19. The van der Waals surface area contributed by atoms with Gasteiger partial charge in [0.2, 0.25) is 11.8 Å². The van der Waals surface area contributed by atoms with E-state index in [1.165, 1.54) is 6.07 Å². The summed E-state index contributed by atoms with van der Waals surface area (Å²) in [5, 5.41) is 11.6. The summed E-state index contributed by atoms with van der Waals surface area (Å²) in [6, 6.07) is 25.0. The van der Waals surface area contributed by atoms with Crippen LogP contribution >= 0.6 is 0 Å².